The molecule has 0 heterocycles. The Hall–Kier alpha value is -0.520. The van der Waals surface area contributed by atoms with Gasteiger partial charge in [0, 0.05) is 0 Å². The predicted molar refractivity (Wildman–Crippen MR) is 66.1 cm³/mol. The molecule has 0 heteroatoms. The van der Waals surface area contributed by atoms with Crippen LogP contribution in [0.4, 0.5) is 0 Å². The predicted octanol–water partition coefficient (Wildman–Crippen LogP) is 4.79. The second-order valence-electron chi connectivity index (χ2n) is 4.41. The van der Waals surface area contributed by atoms with Crippen LogP contribution in [0, 0.1) is 18.8 Å². The van der Waals surface area contributed by atoms with E-state index in [1.165, 1.54) is 18.4 Å². The van der Waals surface area contributed by atoms with Gasteiger partial charge in [-0.15, -0.1) is 0 Å². The molecule has 0 saturated heterocycles. The Morgan fingerprint density at radius 1 is 1.29 bits per heavy atom. The van der Waals surface area contributed by atoms with Crippen molar-refractivity contribution in [3.05, 3.63) is 30.7 Å². The Bertz CT molecular complexity index is 184. The average molecular weight is 193 g/mol. The second-order valence-corrected chi connectivity index (χ2v) is 4.41. The monoisotopic (exact) mass is 193 g/mol. The van der Waals surface area contributed by atoms with E-state index in [2.05, 4.69) is 52.8 Å². The minimum Gasteiger partial charge on any atom is -0.0888 e. The molecule has 0 aliphatic heterocycles. The lowest BCUT2D eigenvalue weighted by atomic mass is 9.96. The first kappa shape index (κ1) is 13.5. The van der Waals surface area contributed by atoms with Crippen molar-refractivity contribution in [2.24, 2.45) is 11.8 Å². The maximum Gasteiger partial charge on any atom is -0.0259 e. The van der Waals surface area contributed by atoms with Crippen LogP contribution in [0.1, 0.15) is 47.0 Å². The Morgan fingerprint density at radius 3 is 2.43 bits per heavy atom. The van der Waals surface area contributed by atoms with Crippen molar-refractivity contribution in [1.29, 1.82) is 0 Å². The average Bonchev–Trinajstić information content (AvgIpc) is 2.02. The molecule has 0 fully saturated rings. The van der Waals surface area contributed by atoms with Crippen LogP contribution in [0.5, 0.6) is 0 Å². The van der Waals surface area contributed by atoms with Gasteiger partial charge in [0.2, 0.25) is 0 Å². The van der Waals surface area contributed by atoms with E-state index in [1.807, 2.05) is 0 Å². The molecule has 0 saturated carbocycles. The molecule has 0 rings (SSSR count). The minimum atomic E-state index is 0.438. The van der Waals surface area contributed by atoms with Crippen LogP contribution in [0.2, 0.25) is 0 Å². The van der Waals surface area contributed by atoms with Crippen LogP contribution in [0.3, 0.4) is 0 Å². The molecular weight excluding hydrogens is 168 g/mol. The number of rotatable bonds is 6. The lowest BCUT2D eigenvalue weighted by Crippen LogP contribution is -1.95. The first-order valence-corrected chi connectivity index (χ1v) is 5.71. The fourth-order valence-electron chi connectivity index (χ4n) is 1.68. The van der Waals surface area contributed by atoms with Gasteiger partial charge in [-0.1, -0.05) is 44.6 Å². The van der Waals surface area contributed by atoms with Gasteiger partial charge in [0.25, 0.3) is 0 Å². The fraction of sp³-hybridized carbons (Fsp3) is 0.643. The molecule has 0 bridgehead atoms. The summed E-state index contributed by atoms with van der Waals surface area (Å²) in [5.41, 5.74) is 1.48. The minimum absolute atomic E-state index is 0.438. The van der Waals surface area contributed by atoms with E-state index in [1.54, 1.807) is 0 Å². The summed E-state index contributed by atoms with van der Waals surface area (Å²) in [7, 11) is 0. The zero-order valence-corrected chi connectivity index (χ0v) is 10.2. The molecule has 2 unspecified atom stereocenters. The molecule has 0 spiro atoms. The first-order chi connectivity index (χ1) is 6.56. The van der Waals surface area contributed by atoms with Gasteiger partial charge < -0.3 is 0 Å². The summed E-state index contributed by atoms with van der Waals surface area (Å²) >= 11 is 0. The SMILES string of the molecule is [CH2]C(C)C=C(C)CC(C)CC=CCC. The standard InChI is InChI=1S/C14H25/c1-6-7-8-9-13(4)11-14(5)10-12(2)3/h7-8,10,12-13H,2,6,9,11H2,1,3-5H3. The molecule has 0 aromatic rings. The Kier molecular flexibility index (Phi) is 7.55. The van der Waals surface area contributed by atoms with Gasteiger partial charge in [-0.2, -0.15) is 0 Å². The molecule has 1 radical (unpaired) electrons. The number of hydrogen-bond acceptors (Lipinski definition) is 0. The highest BCUT2D eigenvalue weighted by atomic mass is 14.1. The molecule has 0 aliphatic rings. The molecule has 0 N–H and O–H groups in total. The third kappa shape index (κ3) is 8.10. The molecule has 81 valence electrons. The topological polar surface area (TPSA) is 0 Å². The van der Waals surface area contributed by atoms with Gasteiger partial charge in [0.05, 0.1) is 0 Å². The van der Waals surface area contributed by atoms with Crippen molar-refractivity contribution in [2.45, 2.75) is 47.0 Å². The fourth-order valence-corrected chi connectivity index (χ4v) is 1.68. The van der Waals surface area contributed by atoms with Crippen LogP contribution in [-0.4, -0.2) is 0 Å². The van der Waals surface area contributed by atoms with Crippen LogP contribution < -0.4 is 0 Å². The largest absolute Gasteiger partial charge is 0.0888 e. The molecule has 0 aromatic carbocycles. The summed E-state index contributed by atoms with van der Waals surface area (Å²) in [6.45, 7) is 12.8. The summed E-state index contributed by atoms with van der Waals surface area (Å²) in [5.74, 6) is 1.20. The van der Waals surface area contributed by atoms with E-state index in [0.717, 1.165) is 12.3 Å². The van der Waals surface area contributed by atoms with Crippen molar-refractivity contribution in [1.82, 2.24) is 0 Å². The first-order valence-electron chi connectivity index (χ1n) is 5.71. The van der Waals surface area contributed by atoms with E-state index in [9.17, 15) is 0 Å². The van der Waals surface area contributed by atoms with Gasteiger partial charge in [-0.05, 0) is 44.9 Å². The Labute approximate surface area is 90.1 Å². The summed E-state index contributed by atoms with van der Waals surface area (Å²) < 4.78 is 0. The van der Waals surface area contributed by atoms with Crippen molar-refractivity contribution in [2.75, 3.05) is 0 Å². The number of allylic oxidation sites excluding steroid dienone is 4. The summed E-state index contributed by atoms with van der Waals surface area (Å²) in [4.78, 5) is 0. The molecule has 0 aliphatic carbocycles. The maximum absolute atomic E-state index is 3.97. The van der Waals surface area contributed by atoms with E-state index < -0.39 is 0 Å². The van der Waals surface area contributed by atoms with E-state index in [0.29, 0.717) is 5.92 Å². The zero-order chi connectivity index (χ0) is 11.0. The molecule has 0 amide bonds. The number of hydrogen-bond donors (Lipinski definition) is 0. The summed E-state index contributed by atoms with van der Waals surface area (Å²) in [5, 5.41) is 0. The van der Waals surface area contributed by atoms with E-state index in [4.69, 9.17) is 0 Å². The zero-order valence-electron chi connectivity index (χ0n) is 10.2. The normalized spacial score (nSPS) is 15.4. The van der Waals surface area contributed by atoms with Gasteiger partial charge >= 0.3 is 0 Å². The van der Waals surface area contributed by atoms with Crippen LogP contribution in [0.15, 0.2) is 23.8 Å². The third-order valence-corrected chi connectivity index (χ3v) is 2.18. The van der Waals surface area contributed by atoms with Gasteiger partial charge in [0.1, 0.15) is 0 Å². The Balaban J connectivity index is 3.81. The summed E-state index contributed by atoms with van der Waals surface area (Å²) in [6.07, 6.45) is 10.4. The third-order valence-electron chi connectivity index (χ3n) is 2.18. The van der Waals surface area contributed by atoms with E-state index >= 15 is 0 Å². The second kappa shape index (κ2) is 7.84. The highest BCUT2D eigenvalue weighted by Gasteiger charge is 2.01. The summed E-state index contributed by atoms with van der Waals surface area (Å²) in [6, 6.07) is 0. The smallest absolute Gasteiger partial charge is 0.0259 e. The Morgan fingerprint density at radius 2 is 1.93 bits per heavy atom. The van der Waals surface area contributed by atoms with Gasteiger partial charge in [-0.3, -0.25) is 0 Å². The van der Waals surface area contributed by atoms with Crippen LogP contribution in [0.25, 0.3) is 0 Å². The lowest BCUT2D eigenvalue weighted by Gasteiger charge is -2.09. The maximum atomic E-state index is 3.97. The van der Waals surface area contributed by atoms with Crippen LogP contribution in [-0.2, 0) is 0 Å². The molecule has 0 nitrogen and oxygen atoms in total. The highest BCUT2D eigenvalue weighted by Crippen LogP contribution is 2.16. The van der Waals surface area contributed by atoms with E-state index in [-0.39, 0.29) is 0 Å². The van der Waals surface area contributed by atoms with Crippen molar-refractivity contribution in [3.63, 3.8) is 0 Å². The highest BCUT2D eigenvalue weighted by molar-refractivity contribution is 5.02. The molecular formula is C14H25. The van der Waals surface area contributed by atoms with Gasteiger partial charge in [-0.25, -0.2) is 0 Å². The molecule has 0 aromatic heterocycles. The van der Waals surface area contributed by atoms with Crippen molar-refractivity contribution >= 4 is 0 Å². The van der Waals surface area contributed by atoms with Crippen molar-refractivity contribution < 1.29 is 0 Å². The van der Waals surface area contributed by atoms with Crippen LogP contribution >= 0.6 is 0 Å². The molecule has 2 atom stereocenters. The molecule has 14 heavy (non-hydrogen) atoms. The van der Waals surface area contributed by atoms with Crippen molar-refractivity contribution in [3.8, 4) is 0 Å². The van der Waals surface area contributed by atoms with Gasteiger partial charge in [0.15, 0.2) is 0 Å². The quantitative estimate of drug-likeness (QED) is 0.532. The lowest BCUT2D eigenvalue weighted by molar-refractivity contribution is 0.582.